The minimum absolute atomic E-state index is 0.00569. The van der Waals surface area contributed by atoms with Crippen LogP contribution in [0, 0.1) is 12.3 Å². The number of sulfonamides is 1. The smallest absolute Gasteiger partial charge is 0.245 e. The predicted octanol–water partition coefficient (Wildman–Crippen LogP) is 3.31. The van der Waals surface area contributed by atoms with Crippen molar-refractivity contribution >= 4 is 10.0 Å². The second-order valence-corrected chi connectivity index (χ2v) is 8.47. The Hall–Kier alpha value is -0.910. The maximum absolute atomic E-state index is 13.1. The molecule has 2 atom stereocenters. The number of hydrogen-bond acceptors (Lipinski definition) is 3. The monoisotopic (exact) mass is 323 g/mol. The Morgan fingerprint density at radius 3 is 2.59 bits per heavy atom. The van der Waals surface area contributed by atoms with Crippen LogP contribution in [0.3, 0.4) is 0 Å². The lowest BCUT2D eigenvalue weighted by Crippen LogP contribution is -2.57. The molecule has 0 unspecified atom stereocenters. The Bertz CT molecular complexity index is 622. The molecule has 0 amide bonds. The highest BCUT2D eigenvalue weighted by molar-refractivity contribution is 7.89. The van der Waals surface area contributed by atoms with Crippen LogP contribution in [0.4, 0.5) is 0 Å². The van der Waals surface area contributed by atoms with Crippen molar-refractivity contribution < 1.29 is 13.2 Å². The van der Waals surface area contributed by atoms with E-state index in [-0.39, 0.29) is 11.6 Å². The Balaban J connectivity index is 1.97. The van der Waals surface area contributed by atoms with Gasteiger partial charge in [-0.25, -0.2) is 8.42 Å². The fourth-order valence-electron chi connectivity index (χ4n) is 3.88. The summed E-state index contributed by atoms with van der Waals surface area (Å²) in [5.41, 5.74) is 1.06. The van der Waals surface area contributed by atoms with Gasteiger partial charge >= 0.3 is 0 Å². The molecule has 1 aromatic carbocycles. The summed E-state index contributed by atoms with van der Waals surface area (Å²) < 4.78 is 33.7. The van der Waals surface area contributed by atoms with Gasteiger partial charge in [0.25, 0.3) is 0 Å². The summed E-state index contributed by atoms with van der Waals surface area (Å²) in [6.07, 6.45) is 4.74. The lowest BCUT2D eigenvalue weighted by atomic mass is 9.72. The molecule has 2 fully saturated rings. The van der Waals surface area contributed by atoms with Gasteiger partial charge in [0, 0.05) is 18.6 Å². The molecule has 0 spiro atoms. The second kappa shape index (κ2) is 5.95. The highest BCUT2D eigenvalue weighted by Gasteiger charge is 2.49. The predicted molar refractivity (Wildman–Crippen MR) is 86.0 cm³/mol. The molecular weight excluding hydrogens is 298 g/mol. The molecule has 1 aromatic rings. The first-order chi connectivity index (χ1) is 10.5. The Morgan fingerprint density at radius 1 is 1.23 bits per heavy atom. The van der Waals surface area contributed by atoms with Gasteiger partial charge in [0.05, 0.1) is 4.90 Å². The zero-order valence-corrected chi connectivity index (χ0v) is 14.2. The number of fused-ring (bicyclic) bond motifs is 1. The minimum Gasteiger partial charge on any atom is -0.362 e. The summed E-state index contributed by atoms with van der Waals surface area (Å²) in [6, 6.07) is 7.11. The maximum atomic E-state index is 13.1. The molecule has 5 heteroatoms. The van der Waals surface area contributed by atoms with E-state index in [9.17, 15) is 8.42 Å². The van der Waals surface area contributed by atoms with Crippen molar-refractivity contribution in [1.82, 2.24) is 4.31 Å². The zero-order valence-electron chi connectivity index (χ0n) is 13.4. The maximum Gasteiger partial charge on any atom is 0.245 e. The summed E-state index contributed by atoms with van der Waals surface area (Å²) in [7, 11) is -3.49. The molecule has 122 valence electrons. The highest BCUT2D eigenvalue weighted by Crippen LogP contribution is 2.47. The van der Waals surface area contributed by atoms with Crippen LogP contribution in [0.2, 0.25) is 0 Å². The number of ether oxygens (including phenoxy) is 1. The third-order valence-electron chi connectivity index (χ3n) is 5.27. The number of benzene rings is 1. The van der Waals surface area contributed by atoms with E-state index in [0.29, 0.717) is 18.0 Å². The van der Waals surface area contributed by atoms with Gasteiger partial charge in [0.2, 0.25) is 10.0 Å². The van der Waals surface area contributed by atoms with Gasteiger partial charge in [-0.3, -0.25) is 0 Å². The Kier molecular flexibility index (Phi) is 4.32. The van der Waals surface area contributed by atoms with E-state index in [0.717, 1.165) is 37.7 Å². The average molecular weight is 323 g/mol. The molecule has 22 heavy (non-hydrogen) atoms. The molecule has 0 radical (unpaired) electrons. The van der Waals surface area contributed by atoms with Crippen LogP contribution in [0.1, 0.15) is 44.6 Å². The van der Waals surface area contributed by atoms with Crippen LogP contribution >= 0.6 is 0 Å². The lowest BCUT2D eigenvalue weighted by molar-refractivity contribution is -0.160. The largest absolute Gasteiger partial charge is 0.362 e. The van der Waals surface area contributed by atoms with Crippen LogP contribution in [-0.2, 0) is 14.8 Å². The van der Waals surface area contributed by atoms with Gasteiger partial charge in [-0.2, -0.15) is 4.31 Å². The van der Waals surface area contributed by atoms with E-state index in [1.807, 2.05) is 19.1 Å². The van der Waals surface area contributed by atoms with E-state index in [4.69, 9.17) is 4.74 Å². The van der Waals surface area contributed by atoms with Crippen molar-refractivity contribution in [3.8, 4) is 0 Å². The van der Waals surface area contributed by atoms with Crippen molar-refractivity contribution in [1.29, 1.82) is 0 Å². The quantitative estimate of drug-likeness (QED) is 0.857. The first-order valence-electron chi connectivity index (χ1n) is 8.20. The highest BCUT2D eigenvalue weighted by atomic mass is 32.2. The summed E-state index contributed by atoms with van der Waals surface area (Å²) in [4.78, 5) is 0.374. The SMILES string of the molecule is CC[C@@]12CCCO[C@@H]1N(S(=O)(=O)c1ccc(C)cc1)CCC2. The third-order valence-corrected chi connectivity index (χ3v) is 7.12. The molecular formula is C17H25NO3S. The first-order valence-corrected chi connectivity index (χ1v) is 9.64. The van der Waals surface area contributed by atoms with E-state index >= 15 is 0 Å². The van der Waals surface area contributed by atoms with Crippen LogP contribution < -0.4 is 0 Å². The van der Waals surface area contributed by atoms with Gasteiger partial charge in [-0.1, -0.05) is 24.6 Å². The molecule has 3 rings (SSSR count). The van der Waals surface area contributed by atoms with Crippen molar-refractivity contribution in [2.24, 2.45) is 5.41 Å². The van der Waals surface area contributed by atoms with Gasteiger partial charge < -0.3 is 4.74 Å². The van der Waals surface area contributed by atoms with Gasteiger partial charge in [0.1, 0.15) is 6.23 Å². The number of aryl methyl sites for hydroxylation is 1. The van der Waals surface area contributed by atoms with E-state index in [1.54, 1.807) is 16.4 Å². The minimum atomic E-state index is -3.49. The standard InChI is InChI=1S/C17H25NO3S/c1-3-17-10-4-12-18(16(17)21-13-5-11-17)22(19,20)15-8-6-14(2)7-9-15/h6-9,16H,3-5,10-13H2,1-2H3/t16-,17+/m0/s1. The fraction of sp³-hybridized carbons (Fsp3) is 0.647. The van der Waals surface area contributed by atoms with E-state index in [2.05, 4.69) is 6.92 Å². The first kappa shape index (κ1) is 16.0. The van der Waals surface area contributed by atoms with Crippen LogP contribution in [-0.4, -0.2) is 32.1 Å². The second-order valence-electron chi connectivity index (χ2n) is 6.57. The van der Waals surface area contributed by atoms with E-state index < -0.39 is 10.0 Å². The molecule has 4 nitrogen and oxygen atoms in total. The normalized spacial score (nSPS) is 30.0. The lowest BCUT2D eigenvalue weighted by Gasteiger charge is -2.51. The zero-order chi connectivity index (χ0) is 15.8. The van der Waals surface area contributed by atoms with E-state index in [1.165, 1.54) is 0 Å². The van der Waals surface area contributed by atoms with Gasteiger partial charge in [-0.05, 0) is 51.2 Å². The fourth-order valence-corrected chi connectivity index (χ4v) is 5.54. The van der Waals surface area contributed by atoms with Gasteiger partial charge in [-0.15, -0.1) is 0 Å². The molecule has 2 aliphatic heterocycles. The van der Waals surface area contributed by atoms with Crippen molar-refractivity contribution in [2.75, 3.05) is 13.2 Å². The number of hydrogen-bond donors (Lipinski definition) is 0. The topological polar surface area (TPSA) is 46.6 Å². The number of piperidine rings is 1. The summed E-state index contributed by atoms with van der Waals surface area (Å²) >= 11 is 0. The molecule has 2 heterocycles. The molecule has 0 saturated carbocycles. The molecule has 0 N–H and O–H groups in total. The molecule has 0 bridgehead atoms. The molecule has 0 aliphatic carbocycles. The van der Waals surface area contributed by atoms with Crippen molar-refractivity contribution in [2.45, 2.75) is 57.1 Å². The third kappa shape index (κ3) is 2.59. The van der Waals surface area contributed by atoms with Crippen molar-refractivity contribution in [3.63, 3.8) is 0 Å². The van der Waals surface area contributed by atoms with Crippen LogP contribution in [0.5, 0.6) is 0 Å². The molecule has 2 saturated heterocycles. The summed E-state index contributed by atoms with van der Waals surface area (Å²) in [6.45, 7) is 5.34. The summed E-state index contributed by atoms with van der Waals surface area (Å²) in [5, 5.41) is 0. The average Bonchev–Trinajstić information content (AvgIpc) is 2.54. The Morgan fingerprint density at radius 2 is 1.91 bits per heavy atom. The Labute approximate surface area is 133 Å². The molecule has 0 aromatic heterocycles. The van der Waals surface area contributed by atoms with Gasteiger partial charge in [0.15, 0.2) is 0 Å². The number of nitrogens with zero attached hydrogens (tertiary/aromatic N) is 1. The van der Waals surface area contributed by atoms with Crippen LogP contribution in [0.15, 0.2) is 29.2 Å². The summed E-state index contributed by atoms with van der Waals surface area (Å²) in [5.74, 6) is 0. The molecule has 2 aliphatic rings. The number of rotatable bonds is 3. The van der Waals surface area contributed by atoms with Crippen molar-refractivity contribution in [3.05, 3.63) is 29.8 Å². The van der Waals surface area contributed by atoms with Crippen LogP contribution in [0.25, 0.3) is 0 Å².